The summed E-state index contributed by atoms with van der Waals surface area (Å²) < 4.78 is 37.0. The van der Waals surface area contributed by atoms with Gasteiger partial charge in [-0.3, -0.25) is 4.79 Å². The Labute approximate surface area is 148 Å². The number of anilines is 1. The van der Waals surface area contributed by atoms with Crippen molar-refractivity contribution in [1.82, 2.24) is 0 Å². The standard InChI is InChI=1S/C18H14FNO3S2/c1-25(22,23)13-6-4-5-12(11-13)20-18(21)17-10-9-16(24-17)14-7-2-3-8-15(14)19/h2-11H,1H3,(H,20,21). The normalized spacial score (nSPS) is 11.3. The van der Waals surface area contributed by atoms with Gasteiger partial charge in [-0.05, 0) is 36.4 Å². The van der Waals surface area contributed by atoms with Gasteiger partial charge < -0.3 is 5.32 Å². The van der Waals surface area contributed by atoms with E-state index in [1.165, 1.54) is 29.5 Å². The van der Waals surface area contributed by atoms with Crippen LogP contribution >= 0.6 is 11.3 Å². The Kier molecular flexibility index (Phi) is 4.69. The first-order valence-electron chi connectivity index (χ1n) is 7.31. The summed E-state index contributed by atoms with van der Waals surface area (Å²) >= 11 is 1.17. The van der Waals surface area contributed by atoms with Gasteiger partial charge in [-0.25, -0.2) is 12.8 Å². The molecule has 4 nitrogen and oxygen atoms in total. The number of hydrogen-bond donors (Lipinski definition) is 1. The minimum atomic E-state index is -3.35. The number of thiophene rings is 1. The summed E-state index contributed by atoms with van der Waals surface area (Å²) in [5, 5.41) is 2.66. The zero-order chi connectivity index (χ0) is 18.0. The topological polar surface area (TPSA) is 63.2 Å². The van der Waals surface area contributed by atoms with E-state index >= 15 is 0 Å². The Bertz CT molecular complexity index is 1040. The molecular formula is C18H14FNO3S2. The fraction of sp³-hybridized carbons (Fsp3) is 0.0556. The maximum absolute atomic E-state index is 13.8. The number of nitrogens with one attached hydrogen (secondary N) is 1. The van der Waals surface area contributed by atoms with Gasteiger partial charge in [0.25, 0.3) is 5.91 Å². The molecule has 0 bridgehead atoms. The van der Waals surface area contributed by atoms with Gasteiger partial charge in [0.15, 0.2) is 9.84 Å². The van der Waals surface area contributed by atoms with Crippen molar-refractivity contribution in [1.29, 1.82) is 0 Å². The zero-order valence-electron chi connectivity index (χ0n) is 13.2. The molecule has 0 aliphatic heterocycles. The van der Waals surface area contributed by atoms with Crippen molar-refractivity contribution in [3.63, 3.8) is 0 Å². The molecule has 0 atom stereocenters. The first-order chi connectivity index (χ1) is 11.8. The fourth-order valence-corrected chi connectivity index (χ4v) is 3.86. The molecule has 0 fully saturated rings. The first kappa shape index (κ1) is 17.3. The second-order valence-corrected chi connectivity index (χ2v) is 8.50. The molecule has 1 N–H and O–H groups in total. The monoisotopic (exact) mass is 375 g/mol. The number of amides is 1. The van der Waals surface area contributed by atoms with Gasteiger partial charge in [-0.2, -0.15) is 0 Å². The number of sulfone groups is 1. The molecule has 3 aromatic rings. The smallest absolute Gasteiger partial charge is 0.265 e. The number of rotatable bonds is 4. The zero-order valence-corrected chi connectivity index (χ0v) is 14.8. The maximum Gasteiger partial charge on any atom is 0.265 e. The summed E-state index contributed by atoms with van der Waals surface area (Å²) in [5.41, 5.74) is 0.819. The van der Waals surface area contributed by atoms with Crippen molar-refractivity contribution < 1.29 is 17.6 Å². The fourth-order valence-electron chi connectivity index (χ4n) is 2.26. The SMILES string of the molecule is CS(=O)(=O)c1cccc(NC(=O)c2ccc(-c3ccccc3F)s2)c1. The Morgan fingerprint density at radius 3 is 2.52 bits per heavy atom. The van der Waals surface area contributed by atoms with Crippen LogP contribution in [0.15, 0.2) is 65.6 Å². The van der Waals surface area contributed by atoms with E-state index in [0.29, 0.717) is 21.0 Å². The van der Waals surface area contributed by atoms with Crippen LogP contribution in [0.5, 0.6) is 0 Å². The Morgan fingerprint density at radius 1 is 1.04 bits per heavy atom. The van der Waals surface area contributed by atoms with E-state index in [2.05, 4.69) is 5.32 Å². The first-order valence-corrected chi connectivity index (χ1v) is 10.0. The van der Waals surface area contributed by atoms with E-state index in [-0.39, 0.29) is 16.6 Å². The number of benzene rings is 2. The summed E-state index contributed by atoms with van der Waals surface area (Å²) in [7, 11) is -3.35. The number of hydrogen-bond acceptors (Lipinski definition) is 4. The highest BCUT2D eigenvalue weighted by Gasteiger charge is 2.14. The number of halogens is 1. The van der Waals surface area contributed by atoms with Crippen LogP contribution in [0.1, 0.15) is 9.67 Å². The third kappa shape index (κ3) is 3.94. The largest absolute Gasteiger partial charge is 0.321 e. The van der Waals surface area contributed by atoms with Crippen LogP contribution in [0.25, 0.3) is 10.4 Å². The summed E-state index contributed by atoms with van der Waals surface area (Å²) in [6, 6.07) is 15.7. The molecule has 0 aliphatic carbocycles. The van der Waals surface area contributed by atoms with Crippen LogP contribution in [-0.2, 0) is 9.84 Å². The van der Waals surface area contributed by atoms with Crippen molar-refractivity contribution in [3.05, 3.63) is 71.4 Å². The van der Waals surface area contributed by atoms with Gasteiger partial charge >= 0.3 is 0 Å². The molecule has 1 aromatic heterocycles. The highest BCUT2D eigenvalue weighted by Crippen LogP contribution is 2.30. The van der Waals surface area contributed by atoms with Crippen LogP contribution < -0.4 is 5.32 Å². The van der Waals surface area contributed by atoms with Crippen LogP contribution in [0, 0.1) is 5.82 Å². The van der Waals surface area contributed by atoms with Gasteiger partial charge in [0.05, 0.1) is 9.77 Å². The molecule has 128 valence electrons. The third-order valence-electron chi connectivity index (χ3n) is 3.49. The molecule has 0 spiro atoms. The molecule has 2 aromatic carbocycles. The highest BCUT2D eigenvalue weighted by molar-refractivity contribution is 7.90. The van der Waals surface area contributed by atoms with Crippen molar-refractivity contribution in [2.24, 2.45) is 0 Å². The molecule has 7 heteroatoms. The van der Waals surface area contributed by atoms with Crippen molar-refractivity contribution in [3.8, 4) is 10.4 Å². The van der Waals surface area contributed by atoms with E-state index < -0.39 is 9.84 Å². The van der Waals surface area contributed by atoms with Gasteiger partial charge in [0.2, 0.25) is 0 Å². The van der Waals surface area contributed by atoms with Crippen LogP contribution in [0.2, 0.25) is 0 Å². The molecule has 0 saturated carbocycles. The minimum absolute atomic E-state index is 0.128. The lowest BCUT2D eigenvalue weighted by molar-refractivity contribution is 0.103. The van der Waals surface area contributed by atoms with Crippen LogP contribution in [-0.4, -0.2) is 20.6 Å². The molecule has 0 unspecified atom stereocenters. The van der Waals surface area contributed by atoms with Crippen molar-refractivity contribution >= 4 is 32.8 Å². The predicted octanol–water partition coefficient (Wildman–Crippen LogP) is 4.21. The lowest BCUT2D eigenvalue weighted by Gasteiger charge is -2.05. The molecule has 1 heterocycles. The average molecular weight is 375 g/mol. The second-order valence-electron chi connectivity index (χ2n) is 5.40. The van der Waals surface area contributed by atoms with Gasteiger partial charge in [-0.1, -0.05) is 24.3 Å². The Balaban J connectivity index is 1.83. The molecule has 25 heavy (non-hydrogen) atoms. The quantitative estimate of drug-likeness (QED) is 0.743. The Hall–Kier alpha value is -2.51. The van der Waals surface area contributed by atoms with Crippen LogP contribution in [0.4, 0.5) is 10.1 Å². The molecule has 0 radical (unpaired) electrons. The molecule has 3 rings (SSSR count). The van der Waals surface area contributed by atoms with Gasteiger partial charge in [0, 0.05) is 22.4 Å². The Morgan fingerprint density at radius 2 is 1.80 bits per heavy atom. The van der Waals surface area contributed by atoms with Crippen molar-refractivity contribution in [2.45, 2.75) is 4.90 Å². The van der Waals surface area contributed by atoms with Crippen molar-refractivity contribution in [2.75, 3.05) is 11.6 Å². The predicted molar refractivity (Wildman–Crippen MR) is 97.2 cm³/mol. The van der Waals surface area contributed by atoms with E-state index in [1.54, 1.807) is 42.5 Å². The number of carbonyl (C=O) groups excluding carboxylic acids is 1. The minimum Gasteiger partial charge on any atom is -0.321 e. The summed E-state index contributed by atoms with van der Waals surface area (Å²) in [6.07, 6.45) is 1.11. The second kappa shape index (κ2) is 6.78. The maximum atomic E-state index is 13.8. The number of carbonyl (C=O) groups is 1. The van der Waals surface area contributed by atoms with Crippen LogP contribution in [0.3, 0.4) is 0 Å². The molecule has 0 saturated heterocycles. The molecule has 0 aliphatic rings. The molecular weight excluding hydrogens is 361 g/mol. The summed E-state index contributed by atoms with van der Waals surface area (Å²) in [5.74, 6) is -0.726. The van der Waals surface area contributed by atoms with E-state index in [9.17, 15) is 17.6 Å². The van der Waals surface area contributed by atoms with Gasteiger partial charge in [-0.15, -0.1) is 11.3 Å². The molecule has 1 amide bonds. The highest BCUT2D eigenvalue weighted by atomic mass is 32.2. The van der Waals surface area contributed by atoms with E-state index in [0.717, 1.165) is 6.26 Å². The lowest BCUT2D eigenvalue weighted by atomic mass is 10.2. The lowest BCUT2D eigenvalue weighted by Crippen LogP contribution is -2.10. The van der Waals surface area contributed by atoms with E-state index in [4.69, 9.17) is 0 Å². The summed E-state index contributed by atoms with van der Waals surface area (Å²) in [6.45, 7) is 0. The van der Waals surface area contributed by atoms with E-state index in [1.807, 2.05) is 0 Å². The average Bonchev–Trinajstić information content (AvgIpc) is 3.04. The van der Waals surface area contributed by atoms with Gasteiger partial charge in [0.1, 0.15) is 5.82 Å². The summed E-state index contributed by atoms with van der Waals surface area (Å²) in [4.78, 5) is 13.5. The third-order valence-corrected chi connectivity index (χ3v) is 5.72.